The van der Waals surface area contributed by atoms with Crippen molar-refractivity contribution in [1.29, 1.82) is 0 Å². The number of hydrogen-bond acceptors (Lipinski definition) is 0. The van der Waals surface area contributed by atoms with Gasteiger partial charge in [0.05, 0.1) is 5.52 Å². The highest BCUT2D eigenvalue weighted by molar-refractivity contribution is 5.84. The molecule has 2 aromatic rings. The lowest BCUT2D eigenvalue weighted by Crippen LogP contribution is -2.01. The second kappa shape index (κ2) is 3.89. The van der Waals surface area contributed by atoms with Crippen LogP contribution in [0.2, 0.25) is 0 Å². The van der Waals surface area contributed by atoms with Crippen LogP contribution in [0.1, 0.15) is 32.3 Å². The summed E-state index contributed by atoms with van der Waals surface area (Å²) >= 11 is 0. The first kappa shape index (κ1) is 11.1. The molecule has 2 rings (SSSR count). The summed E-state index contributed by atoms with van der Waals surface area (Å²) in [5, 5.41) is 0.652. The van der Waals surface area contributed by atoms with Crippen LogP contribution in [0.25, 0.3) is 10.9 Å². The first-order valence-corrected chi connectivity index (χ1v) is 5.46. The fourth-order valence-corrected chi connectivity index (χ4v) is 1.91. The predicted octanol–water partition coefficient (Wildman–Crippen LogP) is 4.21. The molecule has 1 atom stereocenters. The van der Waals surface area contributed by atoms with Gasteiger partial charge in [0, 0.05) is 17.6 Å². The van der Waals surface area contributed by atoms with Gasteiger partial charge in [-0.25, -0.2) is 8.78 Å². The zero-order valence-corrected chi connectivity index (χ0v) is 9.64. The average Bonchev–Trinajstić information content (AvgIpc) is 2.60. The molecule has 86 valence electrons. The van der Waals surface area contributed by atoms with E-state index in [1.165, 1.54) is 6.07 Å². The number of nitrogens with one attached hydrogen (secondary N) is 1. The zero-order chi connectivity index (χ0) is 11.9. The highest BCUT2D eigenvalue weighted by Gasteiger charge is 2.16. The van der Waals surface area contributed by atoms with Crippen molar-refractivity contribution in [2.75, 3.05) is 0 Å². The molecule has 16 heavy (non-hydrogen) atoms. The van der Waals surface area contributed by atoms with E-state index >= 15 is 0 Å². The van der Waals surface area contributed by atoms with E-state index in [1.807, 2.05) is 0 Å². The second-order valence-electron chi connectivity index (χ2n) is 4.59. The van der Waals surface area contributed by atoms with E-state index in [4.69, 9.17) is 0 Å². The molecule has 1 aromatic heterocycles. The molecule has 1 aromatic carbocycles. The van der Waals surface area contributed by atoms with Crippen molar-refractivity contribution in [2.45, 2.75) is 26.7 Å². The van der Waals surface area contributed by atoms with Gasteiger partial charge in [-0.3, -0.25) is 0 Å². The lowest BCUT2D eigenvalue weighted by molar-refractivity contribution is 0.537. The van der Waals surface area contributed by atoms with Crippen molar-refractivity contribution in [3.63, 3.8) is 0 Å². The maximum atomic E-state index is 13.5. The van der Waals surface area contributed by atoms with Crippen LogP contribution < -0.4 is 0 Å². The predicted molar refractivity (Wildman–Crippen MR) is 61.5 cm³/mol. The SMILES string of the molecule is CC(C)C(C)c1c[nH]c2c(F)cc(F)cc12. The number of fused-ring (bicyclic) bond motifs is 1. The van der Waals surface area contributed by atoms with Crippen LogP contribution in [0, 0.1) is 17.6 Å². The quantitative estimate of drug-likeness (QED) is 0.785. The molecule has 0 saturated carbocycles. The van der Waals surface area contributed by atoms with E-state index < -0.39 is 11.6 Å². The molecule has 1 N–H and O–H groups in total. The summed E-state index contributed by atoms with van der Waals surface area (Å²) in [7, 11) is 0. The lowest BCUT2D eigenvalue weighted by Gasteiger charge is -2.14. The Hall–Kier alpha value is -1.38. The first-order valence-electron chi connectivity index (χ1n) is 5.46. The molecule has 1 unspecified atom stereocenters. The molecule has 0 amide bonds. The van der Waals surface area contributed by atoms with Crippen LogP contribution in [0.3, 0.4) is 0 Å². The van der Waals surface area contributed by atoms with E-state index in [0.717, 1.165) is 11.6 Å². The molecule has 0 spiro atoms. The number of benzene rings is 1. The van der Waals surface area contributed by atoms with E-state index in [9.17, 15) is 8.78 Å². The van der Waals surface area contributed by atoms with Crippen LogP contribution in [0.15, 0.2) is 18.3 Å². The zero-order valence-electron chi connectivity index (χ0n) is 9.64. The third kappa shape index (κ3) is 1.70. The Bertz CT molecular complexity index is 514. The van der Waals surface area contributed by atoms with Crippen LogP contribution in [-0.4, -0.2) is 4.98 Å². The first-order chi connectivity index (χ1) is 7.50. The highest BCUT2D eigenvalue weighted by Crippen LogP contribution is 2.31. The second-order valence-corrected chi connectivity index (χ2v) is 4.59. The van der Waals surface area contributed by atoms with Gasteiger partial charge in [-0.15, -0.1) is 0 Å². The van der Waals surface area contributed by atoms with Crippen LogP contribution in [0.5, 0.6) is 0 Å². The summed E-state index contributed by atoms with van der Waals surface area (Å²) < 4.78 is 26.6. The van der Waals surface area contributed by atoms with E-state index in [1.54, 1.807) is 6.20 Å². The van der Waals surface area contributed by atoms with Crippen LogP contribution in [-0.2, 0) is 0 Å². The molecule has 3 heteroatoms. The molecular weight excluding hydrogens is 208 g/mol. The molecule has 0 saturated heterocycles. The van der Waals surface area contributed by atoms with Crippen molar-refractivity contribution in [3.05, 3.63) is 35.5 Å². The molecule has 0 aliphatic heterocycles. The number of rotatable bonds is 2. The largest absolute Gasteiger partial charge is 0.359 e. The Morgan fingerprint density at radius 1 is 1.12 bits per heavy atom. The Morgan fingerprint density at radius 3 is 2.44 bits per heavy atom. The molecule has 0 fully saturated rings. The number of hydrogen-bond donors (Lipinski definition) is 1. The monoisotopic (exact) mass is 223 g/mol. The van der Waals surface area contributed by atoms with Gasteiger partial charge in [-0.1, -0.05) is 20.8 Å². The Balaban J connectivity index is 2.64. The molecule has 0 aliphatic rings. The Morgan fingerprint density at radius 2 is 1.81 bits per heavy atom. The fourth-order valence-electron chi connectivity index (χ4n) is 1.91. The third-order valence-corrected chi connectivity index (χ3v) is 3.23. The molecule has 0 aliphatic carbocycles. The fraction of sp³-hybridized carbons (Fsp3) is 0.385. The van der Waals surface area contributed by atoms with E-state index in [-0.39, 0.29) is 5.92 Å². The molecular formula is C13H15F2N. The van der Waals surface area contributed by atoms with Gasteiger partial charge >= 0.3 is 0 Å². The molecule has 1 nitrogen and oxygen atoms in total. The summed E-state index contributed by atoms with van der Waals surface area (Å²) in [6.07, 6.45) is 1.78. The van der Waals surface area contributed by atoms with Gasteiger partial charge in [-0.05, 0) is 23.5 Å². The minimum Gasteiger partial charge on any atom is -0.359 e. The maximum absolute atomic E-state index is 13.5. The van der Waals surface area contributed by atoms with Crippen molar-refractivity contribution in [1.82, 2.24) is 4.98 Å². The van der Waals surface area contributed by atoms with Crippen LogP contribution >= 0.6 is 0 Å². The summed E-state index contributed by atoms with van der Waals surface area (Å²) in [6.45, 7) is 6.26. The van der Waals surface area contributed by atoms with Crippen molar-refractivity contribution in [2.24, 2.45) is 5.92 Å². The highest BCUT2D eigenvalue weighted by atomic mass is 19.1. The van der Waals surface area contributed by atoms with Gasteiger partial charge in [0.1, 0.15) is 11.6 Å². The minimum atomic E-state index is -0.530. The van der Waals surface area contributed by atoms with Crippen molar-refractivity contribution >= 4 is 10.9 Å². The van der Waals surface area contributed by atoms with Crippen molar-refractivity contribution in [3.8, 4) is 0 Å². The number of H-pyrrole nitrogens is 1. The standard InChI is InChI=1S/C13H15F2N/c1-7(2)8(3)11-6-16-13-10(11)4-9(14)5-12(13)15/h4-8,16H,1-3H3. The molecule has 0 radical (unpaired) electrons. The summed E-state index contributed by atoms with van der Waals surface area (Å²) in [6, 6.07) is 2.30. The smallest absolute Gasteiger partial charge is 0.150 e. The van der Waals surface area contributed by atoms with Gasteiger partial charge in [0.15, 0.2) is 0 Å². The number of aromatic nitrogens is 1. The summed E-state index contributed by atoms with van der Waals surface area (Å²) in [4.78, 5) is 2.88. The normalized spacial score (nSPS) is 13.6. The van der Waals surface area contributed by atoms with Gasteiger partial charge in [-0.2, -0.15) is 0 Å². The van der Waals surface area contributed by atoms with Gasteiger partial charge in [0.25, 0.3) is 0 Å². The minimum absolute atomic E-state index is 0.273. The Kier molecular flexibility index (Phi) is 2.70. The lowest BCUT2D eigenvalue weighted by atomic mass is 9.90. The van der Waals surface area contributed by atoms with E-state index in [2.05, 4.69) is 25.8 Å². The Labute approximate surface area is 93.5 Å². The topological polar surface area (TPSA) is 15.8 Å². The third-order valence-electron chi connectivity index (χ3n) is 3.23. The van der Waals surface area contributed by atoms with Crippen molar-refractivity contribution < 1.29 is 8.78 Å². The maximum Gasteiger partial charge on any atom is 0.150 e. The summed E-state index contributed by atoms with van der Waals surface area (Å²) in [5.74, 6) is -0.348. The molecule has 1 heterocycles. The van der Waals surface area contributed by atoms with Crippen LogP contribution in [0.4, 0.5) is 8.78 Å². The number of halogens is 2. The average molecular weight is 223 g/mol. The number of aromatic amines is 1. The van der Waals surface area contributed by atoms with Gasteiger partial charge in [0.2, 0.25) is 0 Å². The molecule has 0 bridgehead atoms. The van der Waals surface area contributed by atoms with Gasteiger partial charge < -0.3 is 4.98 Å². The van der Waals surface area contributed by atoms with E-state index in [0.29, 0.717) is 16.8 Å². The summed E-state index contributed by atoms with van der Waals surface area (Å²) in [5.41, 5.74) is 1.37.